The molecule has 0 rings (SSSR count). The maximum atomic E-state index is 8.99. The number of hydrogen-bond donors (Lipinski definition) is 0. The van der Waals surface area contributed by atoms with Crippen molar-refractivity contribution in [2.24, 2.45) is 0 Å². The van der Waals surface area contributed by atoms with Crippen molar-refractivity contribution >= 4 is 19.9 Å². The lowest BCUT2D eigenvalue weighted by molar-refractivity contribution is 0.242. The Morgan fingerprint density at radius 1 is 1.57 bits per heavy atom. The SMILES string of the molecule is CCOP(C#N)N(C(C)C)C(C)(C)Cl. The Labute approximate surface area is 92.9 Å². The van der Waals surface area contributed by atoms with Crippen molar-refractivity contribution in [2.45, 2.75) is 45.7 Å². The van der Waals surface area contributed by atoms with Crippen LogP contribution in [0.25, 0.3) is 0 Å². The molecular formula is C9H18ClN2OP. The Morgan fingerprint density at radius 2 is 2.07 bits per heavy atom. The van der Waals surface area contributed by atoms with Crippen LogP contribution >= 0.6 is 19.9 Å². The van der Waals surface area contributed by atoms with Crippen molar-refractivity contribution in [3.05, 3.63) is 0 Å². The molecule has 0 spiro atoms. The minimum absolute atomic E-state index is 0.194. The summed E-state index contributed by atoms with van der Waals surface area (Å²) in [6.07, 6.45) is 0. The van der Waals surface area contributed by atoms with Gasteiger partial charge in [-0.2, -0.15) is 5.26 Å². The molecule has 0 aromatic carbocycles. The summed E-state index contributed by atoms with van der Waals surface area (Å²) in [5, 5.41) is 8.99. The largest absolute Gasteiger partial charge is 0.333 e. The van der Waals surface area contributed by atoms with Gasteiger partial charge < -0.3 is 4.52 Å². The van der Waals surface area contributed by atoms with E-state index in [9.17, 15) is 0 Å². The van der Waals surface area contributed by atoms with Gasteiger partial charge in [0.15, 0.2) is 0 Å². The van der Waals surface area contributed by atoms with Gasteiger partial charge in [-0.05, 0) is 34.6 Å². The van der Waals surface area contributed by atoms with E-state index in [0.717, 1.165) is 0 Å². The molecule has 0 aliphatic heterocycles. The predicted molar refractivity (Wildman–Crippen MR) is 61.1 cm³/mol. The van der Waals surface area contributed by atoms with E-state index in [1.807, 2.05) is 39.3 Å². The van der Waals surface area contributed by atoms with Gasteiger partial charge in [-0.25, -0.2) is 4.67 Å². The summed E-state index contributed by atoms with van der Waals surface area (Å²) in [5.74, 6) is 2.18. The molecule has 5 heteroatoms. The highest BCUT2D eigenvalue weighted by Crippen LogP contribution is 2.47. The fourth-order valence-electron chi connectivity index (χ4n) is 1.30. The lowest BCUT2D eigenvalue weighted by Gasteiger charge is -2.38. The number of alkyl halides is 1. The molecule has 1 unspecified atom stereocenters. The van der Waals surface area contributed by atoms with Crippen LogP contribution in [0.4, 0.5) is 0 Å². The van der Waals surface area contributed by atoms with Crippen LogP contribution in [-0.4, -0.2) is 22.3 Å². The third kappa shape index (κ3) is 4.11. The highest BCUT2D eigenvalue weighted by atomic mass is 35.5. The Morgan fingerprint density at radius 3 is 2.29 bits per heavy atom. The maximum Gasteiger partial charge on any atom is 0.218 e. The zero-order valence-electron chi connectivity index (χ0n) is 9.41. The summed E-state index contributed by atoms with van der Waals surface area (Å²) in [6, 6.07) is 0.194. The van der Waals surface area contributed by atoms with E-state index in [0.29, 0.717) is 6.61 Å². The average molecular weight is 237 g/mol. The van der Waals surface area contributed by atoms with Gasteiger partial charge in [-0.15, -0.1) is 11.6 Å². The minimum atomic E-state index is -1.24. The first kappa shape index (κ1) is 14.1. The molecule has 0 saturated heterocycles. The lowest BCUT2D eigenvalue weighted by atomic mass is 10.3. The first-order chi connectivity index (χ1) is 6.34. The zero-order chi connectivity index (χ0) is 11.4. The highest BCUT2D eigenvalue weighted by molar-refractivity contribution is 7.55. The predicted octanol–water partition coefficient (Wildman–Crippen LogP) is 3.50. The van der Waals surface area contributed by atoms with E-state index < -0.39 is 13.3 Å². The Hall–Kier alpha value is 0.130. The van der Waals surface area contributed by atoms with Crippen molar-refractivity contribution in [3.8, 4) is 5.81 Å². The summed E-state index contributed by atoms with van der Waals surface area (Å²) < 4.78 is 7.30. The fourth-order valence-corrected chi connectivity index (χ4v) is 3.08. The van der Waals surface area contributed by atoms with Gasteiger partial charge in [-0.1, -0.05) is 0 Å². The maximum absolute atomic E-state index is 8.99. The summed E-state index contributed by atoms with van der Waals surface area (Å²) in [5.41, 5.74) is 0. The van der Waals surface area contributed by atoms with Crippen LogP contribution in [0.5, 0.6) is 0 Å². The van der Waals surface area contributed by atoms with E-state index in [4.69, 9.17) is 21.4 Å². The first-order valence-electron chi connectivity index (χ1n) is 4.65. The van der Waals surface area contributed by atoms with E-state index in [2.05, 4.69) is 5.81 Å². The third-order valence-electron chi connectivity index (χ3n) is 1.57. The number of hydrogen-bond acceptors (Lipinski definition) is 3. The molecule has 14 heavy (non-hydrogen) atoms. The minimum Gasteiger partial charge on any atom is -0.333 e. The van der Waals surface area contributed by atoms with E-state index in [1.54, 1.807) is 0 Å². The normalized spacial score (nSPS) is 14.5. The second-order valence-corrected chi connectivity index (χ2v) is 6.00. The third-order valence-corrected chi connectivity index (χ3v) is 3.89. The molecule has 0 saturated carbocycles. The van der Waals surface area contributed by atoms with Crippen LogP contribution < -0.4 is 0 Å². The van der Waals surface area contributed by atoms with Crippen molar-refractivity contribution in [1.82, 2.24) is 4.67 Å². The molecule has 0 N–H and O–H groups in total. The second kappa shape index (κ2) is 5.88. The van der Waals surface area contributed by atoms with Crippen LogP contribution in [-0.2, 0) is 4.52 Å². The van der Waals surface area contributed by atoms with Gasteiger partial charge in [-0.3, -0.25) is 0 Å². The molecule has 0 bridgehead atoms. The highest BCUT2D eigenvalue weighted by Gasteiger charge is 2.34. The van der Waals surface area contributed by atoms with Gasteiger partial charge in [0.05, 0.1) is 11.6 Å². The van der Waals surface area contributed by atoms with Crippen molar-refractivity contribution in [2.75, 3.05) is 6.61 Å². The quantitative estimate of drug-likeness (QED) is 0.416. The Balaban J connectivity index is 4.73. The van der Waals surface area contributed by atoms with Gasteiger partial charge in [0.2, 0.25) is 8.30 Å². The van der Waals surface area contributed by atoms with Crippen LogP contribution in [0.2, 0.25) is 0 Å². The lowest BCUT2D eigenvalue weighted by Crippen LogP contribution is -2.40. The molecule has 0 aliphatic rings. The molecular weight excluding hydrogens is 219 g/mol. The van der Waals surface area contributed by atoms with Crippen molar-refractivity contribution < 1.29 is 4.52 Å². The van der Waals surface area contributed by atoms with Crippen LogP contribution in [0, 0.1) is 11.1 Å². The topological polar surface area (TPSA) is 36.3 Å². The summed E-state index contributed by atoms with van der Waals surface area (Å²) >= 11 is 6.21. The second-order valence-electron chi connectivity index (χ2n) is 3.64. The Kier molecular flexibility index (Phi) is 5.93. The van der Waals surface area contributed by atoms with Gasteiger partial charge in [0.1, 0.15) is 5.81 Å². The number of nitriles is 1. The summed E-state index contributed by atoms with van der Waals surface area (Å²) in [4.78, 5) is -0.551. The van der Waals surface area contributed by atoms with Crippen molar-refractivity contribution in [1.29, 1.82) is 5.26 Å². The van der Waals surface area contributed by atoms with Crippen LogP contribution in [0.3, 0.4) is 0 Å². The summed E-state index contributed by atoms with van der Waals surface area (Å²) in [6.45, 7) is 10.2. The summed E-state index contributed by atoms with van der Waals surface area (Å²) in [7, 11) is -1.24. The van der Waals surface area contributed by atoms with Gasteiger partial charge in [0, 0.05) is 6.04 Å². The molecule has 0 heterocycles. The van der Waals surface area contributed by atoms with E-state index in [-0.39, 0.29) is 6.04 Å². The monoisotopic (exact) mass is 236 g/mol. The zero-order valence-corrected chi connectivity index (χ0v) is 11.1. The van der Waals surface area contributed by atoms with Gasteiger partial charge >= 0.3 is 0 Å². The van der Waals surface area contributed by atoms with Gasteiger partial charge in [0.25, 0.3) is 0 Å². The Bertz CT molecular complexity index is 210. The van der Waals surface area contributed by atoms with E-state index >= 15 is 0 Å². The molecule has 0 aliphatic carbocycles. The smallest absolute Gasteiger partial charge is 0.218 e. The number of rotatable bonds is 5. The van der Waals surface area contributed by atoms with Crippen LogP contribution in [0.15, 0.2) is 0 Å². The molecule has 82 valence electrons. The molecule has 0 aromatic heterocycles. The van der Waals surface area contributed by atoms with Crippen molar-refractivity contribution in [3.63, 3.8) is 0 Å². The average Bonchev–Trinajstić information content (AvgIpc) is 2.00. The molecule has 0 aromatic rings. The molecule has 0 amide bonds. The molecule has 0 radical (unpaired) electrons. The molecule has 3 nitrogen and oxygen atoms in total. The van der Waals surface area contributed by atoms with E-state index in [1.165, 1.54) is 0 Å². The number of halogens is 1. The molecule has 1 atom stereocenters. The molecule has 0 fully saturated rings. The standard InChI is InChI=1S/C9H18ClN2OP/c1-6-13-14(7-11)12(8(2)3)9(4,5)10/h8H,6H2,1-5H3. The fraction of sp³-hybridized carbons (Fsp3) is 0.889. The number of nitrogens with zero attached hydrogens (tertiary/aromatic N) is 2. The van der Waals surface area contributed by atoms with Crippen LogP contribution in [0.1, 0.15) is 34.6 Å². The first-order valence-corrected chi connectivity index (χ1v) is 6.24.